The quantitative estimate of drug-likeness (QED) is 0.358. The maximum atomic E-state index is 14.5. The summed E-state index contributed by atoms with van der Waals surface area (Å²) < 4.78 is 54.0. The van der Waals surface area contributed by atoms with Crippen molar-refractivity contribution in [1.82, 2.24) is 20.3 Å². The van der Waals surface area contributed by atoms with Crippen molar-refractivity contribution in [3.63, 3.8) is 0 Å². The molecule has 0 aliphatic carbocycles. The second-order valence-electron chi connectivity index (χ2n) is 8.23. The van der Waals surface area contributed by atoms with E-state index in [2.05, 4.69) is 25.6 Å². The Hall–Kier alpha value is -3.79. The number of pyridine rings is 1. The second kappa shape index (κ2) is 8.21. The lowest BCUT2D eigenvalue weighted by atomic mass is 9.93. The highest BCUT2D eigenvalue weighted by Crippen LogP contribution is 2.40. The third kappa shape index (κ3) is 4.01. The summed E-state index contributed by atoms with van der Waals surface area (Å²) >= 11 is 0. The number of anilines is 2. The fourth-order valence-corrected chi connectivity index (χ4v) is 4.17. The number of hydrogen-bond donors (Lipinski definition) is 3. The molecular formula is C24H19F4N5O. The Labute approximate surface area is 191 Å². The highest BCUT2D eigenvalue weighted by atomic mass is 19.4. The van der Waals surface area contributed by atoms with Crippen molar-refractivity contribution in [2.24, 2.45) is 5.92 Å². The van der Waals surface area contributed by atoms with Gasteiger partial charge in [-0.05, 0) is 46.8 Å². The molecule has 2 aromatic carbocycles. The molecule has 0 radical (unpaired) electrons. The lowest BCUT2D eigenvalue weighted by molar-refractivity contribution is -0.177. The predicted molar refractivity (Wildman–Crippen MR) is 120 cm³/mol. The molecule has 0 saturated heterocycles. The second-order valence-corrected chi connectivity index (χ2v) is 8.23. The minimum absolute atomic E-state index is 0.0589. The predicted octanol–water partition coefficient (Wildman–Crippen LogP) is 5.21. The van der Waals surface area contributed by atoms with Crippen LogP contribution in [0.4, 0.5) is 29.1 Å². The van der Waals surface area contributed by atoms with E-state index in [0.29, 0.717) is 27.6 Å². The van der Waals surface area contributed by atoms with Gasteiger partial charge in [0.2, 0.25) is 0 Å². The molecule has 0 bridgehead atoms. The highest BCUT2D eigenvalue weighted by molar-refractivity contribution is 5.85. The lowest BCUT2D eigenvalue weighted by Crippen LogP contribution is -2.31. The molecule has 2 atom stereocenters. The molecule has 1 aliphatic heterocycles. The smallest absolute Gasteiger partial charge is 0.338 e. The summed E-state index contributed by atoms with van der Waals surface area (Å²) in [6, 6.07) is 10.9. The van der Waals surface area contributed by atoms with Crippen LogP contribution in [-0.2, 0) is 6.54 Å². The zero-order chi connectivity index (χ0) is 24.0. The standard InChI is InChI=1S/C24H19F4N5O/c1-12(24(26,27)28)20-17-4-2-14(8-15(17)10-30-20)21-31-11-19(25)22(33-21)32-16-3-5-18-13(9-16)6-7-29-23(18)34/h2-9,11-12,20,30H,10H2,1H3,(H,29,34)(H,31,32,33). The van der Waals surface area contributed by atoms with Crippen LogP contribution in [0.25, 0.3) is 22.2 Å². The van der Waals surface area contributed by atoms with Gasteiger partial charge in [0.1, 0.15) is 0 Å². The minimum Gasteiger partial charge on any atom is -0.338 e. The van der Waals surface area contributed by atoms with Crippen molar-refractivity contribution in [1.29, 1.82) is 0 Å². The average molecular weight is 469 g/mol. The van der Waals surface area contributed by atoms with Crippen LogP contribution >= 0.6 is 0 Å². The Morgan fingerprint density at radius 2 is 1.97 bits per heavy atom. The van der Waals surface area contributed by atoms with E-state index >= 15 is 0 Å². The van der Waals surface area contributed by atoms with E-state index in [-0.39, 0.29) is 23.7 Å². The molecule has 4 aromatic rings. The Bertz CT molecular complexity index is 1450. The maximum absolute atomic E-state index is 14.5. The van der Waals surface area contributed by atoms with Crippen LogP contribution in [0.5, 0.6) is 0 Å². The minimum atomic E-state index is -4.31. The van der Waals surface area contributed by atoms with Gasteiger partial charge in [-0.3, -0.25) is 4.79 Å². The van der Waals surface area contributed by atoms with Crippen molar-refractivity contribution < 1.29 is 17.6 Å². The molecular weight excluding hydrogens is 450 g/mol. The van der Waals surface area contributed by atoms with Gasteiger partial charge in [-0.1, -0.05) is 19.1 Å². The zero-order valence-corrected chi connectivity index (χ0v) is 17.9. The zero-order valence-electron chi connectivity index (χ0n) is 17.9. The molecule has 5 rings (SSSR count). The van der Waals surface area contributed by atoms with Crippen molar-refractivity contribution in [2.45, 2.75) is 25.7 Å². The highest BCUT2D eigenvalue weighted by Gasteiger charge is 2.43. The first-order valence-corrected chi connectivity index (χ1v) is 10.5. The van der Waals surface area contributed by atoms with Gasteiger partial charge >= 0.3 is 6.18 Å². The normalized spacial score (nSPS) is 16.4. The first kappa shape index (κ1) is 22.0. The topological polar surface area (TPSA) is 82.7 Å². The van der Waals surface area contributed by atoms with Crippen LogP contribution < -0.4 is 16.2 Å². The van der Waals surface area contributed by atoms with E-state index in [1.807, 2.05) is 0 Å². The summed E-state index contributed by atoms with van der Waals surface area (Å²) in [5.41, 5.74) is 2.18. The molecule has 174 valence electrons. The molecule has 6 nitrogen and oxygen atoms in total. The third-order valence-corrected chi connectivity index (χ3v) is 6.05. The summed E-state index contributed by atoms with van der Waals surface area (Å²) in [4.78, 5) is 22.8. The van der Waals surface area contributed by atoms with Crippen LogP contribution in [0.2, 0.25) is 0 Å². The summed E-state index contributed by atoms with van der Waals surface area (Å²) in [7, 11) is 0. The van der Waals surface area contributed by atoms with Crippen molar-refractivity contribution in [2.75, 3.05) is 5.32 Å². The number of hydrogen-bond acceptors (Lipinski definition) is 5. The van der Waals surface area contributed by atoms with Gasteiger partial charge in [0.05, 0.1) is 12.1 Å². The van der Waals surface area contributed by atoms with Crippen molar-refractivity contribution >= 4 is 22.3 Å². The SMILES string of the molecule is CC(C1NCc2cc(-c3ncc(F)c(Nc4ccc5c(=O)[nH]ccc5c4)n3)ccc21)C(F)(F)F. The summed E-state index contributed by atoms with van der Waals surface area (Å²) in [5.74, 6) is -2.03. The van der Waals surface area contributed by atoms with Gasteiger partial charge in [-0.25, -0.2) is 14.4 Å². The fraction of sp³-hybridized carbons (Fsp3) is 0.208. The number of benzene rings is 2. The number of nitrogens with zero attached hydrogens (tertiary/aromatic N) is 2. The largest absolute Gasteiger partial charge is 0.393 e. The van der Waals surface area contributed by atoms with Crippen LogP contribution in [-0.4, -0.2) is 21.1 Å². The van der Waals surface area contributed by atoms with Gasteiger partial charge in [0, 0.05) is 35.4 Å². The molecule has 0 fully saturated rings. The van der Waals surface area contributed by atoms with E-state index in [1.165, 1.54) is 6.20 Å². The van der Waals surface area contributed by atoms with Gasteiger partial charge in [0.25, 0.3) is 5.56 Å². The first-order valence-electron chi connectivity index (χ1n) is 10.5. The molecule has 34 heavy (non-hydrogen) atoms. The van der Waals surface area contributed by atoms with Crippen LogP contribution in [0, 0.1) is 11.7 Å². The van der Waals surface area contributed by atoms with Crippen molar-refractivity contribution in [3.8, 4) is 11.4 Å². The van der Waals surface area contributed by atoms with E-state index < -0.39 is 24.0 Å². The molecule has 0 amide bonds. The van der Waals surface area contributed by atoms with Crippen LogP contribution in [0.1, 0.15) is 24.1 Å². The number of aromatic amines is 1. The van der Waals surface area contributed by atoms with E-state index in [9.17, 15) is 22.4 Å². The third-order valence-electron chi connectivity index (χ3n) is 6.05. The number of rotatable bonds is 4. The van der Waals surface area contributed by atoms with Gasteiger partial charge in [0.15, 0.2) is 17.5 Å². The van der Waals surface area contributed by atoms with Crippen LogP contribution in [0.15, 0.2) is 59.7 Å². The fourth-order valence-electron chi connectivity index (χ4n) is 4.17. The number of H-pyrrole nitrogens is 1. The number of nitrogens with one attached hydrogen (secondary N) is 3. The molecule has 2 unspecified atom stereocenters. The average Bonchev–Trinajstić information content (AvgIpc) is 3.22. The Balaban J connectivity index is 1.44. The summed E-state index contributed by atoms with van der Waals surface area (Å²) in [5, 5.41) is 7.01. The number of alkyl halides is 3. The summed E-state index contributed by atoms with van der Waals surface area (Å²) in [6.45, 7) is 1.45. The van der Waals surface area contributed by atoms with Gasteiger partial charge < -0.3 is 15.6 Å². The van der Waals surface area contributed by atoms with Gasteiger partial charge in [-0.15, -0.1) is 0 Å². The molecule has 0 spiro atoms. The molecule has 3 N–H and O–H groups in total. The lowest BCUT2D eigenvalue weighted by Gasteiger charge is -2.23. The van der Waals surface area contributed by atoms with E-state index in [4.69, 9.17) is 0 Å². The Morgan fingerprint density at radius 3 is 2.76 bits per heavy atom. The molecule has 2 aromatic heterocycles. The first-order chi connectivity index (χ1) is 16.2. The van der Waals surface area contributed by atoms with E-state index in [1.54, 1.807) is 42.5 Å². The molecule has 1 aliphatic rings. The Kier molecular flexibility index (Phi) is 5.32. The number of aromatic nitrogens is 3. The summed E-state index contributed by atoms with van der Waals surface area (Å²) in [6.07, 6.45) is -1.74. The monoisotopic (exact) mass is 469 g/mol. The van der Waals surface area contributed by atoms with Crippen LogP contribution in [0.3, 0.4) is 0 Å². The number of fused-ring (bicyclic) bond motifs is 2. The molecule has 0 saturated carbocycles. The Morgan fingerprint density at radius 1 is 1.15 bits per heavy atom. The van der Waals surface area contributed by atoms with Crippen molar-refractivity contribution in [3.05, 3.63) is 82.2 Å². The number of halogens is 4. The van der Waals surface area contributed by atoms with Gasteiger partial charge in [-0.2, -0.15) is 13.2 Å². The van der Waals surface area contributed by atoms with E-state index in [0.717, 1.165) is 18.7 Å². The molecule has 10 heteroatoms. The molecule has 3 heterocycles. The maximum Gasteiger partial charge on any atom is 0.393 e.